The fourth-order valence-corrected chi connectivity index (χ4v) is 3.25. The highest BCUT2D eigenvalue weighted by Gasteiger charge is 2.27. The van der Waals surface area contributed by atoms with Crippen LogP contribution in [-0.2, 0) is 4.74 Å². The van der Waals surface area contributed by atoms with E-state index in [0.29, 0.717) is 33.6 Å². The lowest BCUT2D eigenvalue weighted by Gasteiger charge is -2.13. The second kappa shape index (κ2) is 7.98. The molecule has 0 unspecified atom stereocenters. The molecule has 0 saturated carbocycles. The third kappa shape index (κ3) is 4.00. The van der Waals surface area contributed by atoms with Crippen LogP contribution in [-0.4, -0.2) is 18.2 Å². The first-order chi connectivity index (χ1) is 14.8. The van der Waals surface area contributed by atoms with Gasteiger partial charge >= 0.3 is 12.1 Å². The number of hydrogen-bond donors (Lipinski definition) is 1. The number of carbonyl (C=O) groups excluding carboxylic acids is 2. The van der Waals surface area contributed by atoms with Crippen LogP contribution < -0.4 is 10.5 Å². The molecule has 158 valence electrons. The van der Waals surface area contributed by atoms with E-state index >= 15 is 0 Å². The van der Waals surface area contributed by atoms with E-state index in [4.69, 9.17) is 19.3 Å². The van der Waals surface area contributed by atoms with Crippen LogP contribution >= 0.6 is 0 Å². The molecule has 0 bridgehead atoms. The Hall–Kier alpha value is -4.07. The molecule has 8 heteroatoms. The summed E-state index contributed by atoms with van der Waals surface area (Å²) in [6.45, 7) is 3.72. The minimum Gasteiger partial charge on any atom is -0.490 e. The summed E-state index contributed by atoms with van der Waals surface area (Å²) in [6.07, 6.45) is 0.103. The average Bonchev–Trinajstić information content (AvgIpc) is 3.34. The van der Waals surface area contributed by atoms with Gasteiger partial charge in [-0.2, -0.15) is 0 Å². The molecule has 31 heavy (non-hydrogen) atoms. The highest BCUT2D eigenvalue weighted by atomic mass is 19.1. The normalized spacial score (nSPS) is 11.1. The number of primary amides is 1. The number of esters is 1. The monoisotopic (exact) mass is 423 g/mol. The van der Waals surface area contributed by atoms with Crippen LogP contribution in [0.15, 0.2) is 63.6 Å². The first-order valence-corrected chi connectivity index (χ1v) is 9.42. The van der Waals surface area contributed by atoms with Gasteiger partial charge in [-0.15, -0.1) is 0 Å². The number of fused-ring (bicyclic) bond motifs is 1. The molecule has 0 atom stereocenters. The standard InChI is InChI=1S/C23H18FNO6/c1-12(2)29-18-11-16-19(10-15(18)17-4-3-9-28-17)30-21(13-5-7-14(24)8-6-13)20(16)22(26)31-23(25)27/h3-12H,1-2H3,(H2,25,27). The van der Waals surface area contributed by atoms with Gasteiger partial charge in [-0.25, -0.2) is 14.0 Å². The molecule has 2 N–H and O–H groups in total. The Morgan fingerprint density at radius 1 is 1.10 bits per heavy atom. The smallest absolute Gasteiger partial charge is 0.412 e. The van der Waals surface area contributed by atoms with Crippen LogP contribution in [0.25, 0.3) is 33.6 Å². The summed E-state index contributed by atoms with van der Waals surface area (Å²) in [4.78, 5) is 23.9. The van der Waals surface area contributed by atoms with Crippen molar-refractivity contribution in [2.75, 3.05) is 0 Å². The summed E-state index contributed by atoms with van der Waals surface area (Å²) >= 11 is 0. The van der Waals surface area contributed by atoms with Crippen LogP contribution in [0.4, 0.5) is 9.18 Å². The van der Waals surface area contributed by atoms with Crippen molar-refractivity contribution in [2.45, 2.75) is 20.0 Å². The van der Waals surface area contributed by atoms with Crippen molar-refractivity contribution in [3.8, 4) is 28.4 Å². The van der Waals surface area contributed by atoms with Gasteiger partial charge in [-0.1, -0.05) is 0 Å². The van der Waals surface area contributed by atoms with Gasteiger partial charge in [0.25, 0.3) is 0 Å². The van der Waals surface area contributed by atoms with Gasteiger partial charge in [0, 0.05) is 10.9 Å². The number of benzene rings is 2. The maximum atomic E-state index is 13.4. The predicted octanol–water partition coefficient (Wildman–Crippen LogP) is 5.52. The van der Waals surface area contributed by atoms with Crippen LogP contribution in [0.5, 0.6) is 5.75 Å². The van der Waals surface area contributed by atoms with Gasteiger partial charge in [0.1, 0.15) is 34.2 Å². The molecule has 0 aliphatic carbocycles. The van der Waals surface area contributed by atoms with Crippen LogP contribution in [0, 0.1) is 5.82 Å². The number of hydrogen-bond acceptors (Lipinski definition) is 6. The van der Waals surface area contributed by atoms with Gasteiger partial charge in [-0.3, -0.25) is 0 Å². The Balaban J connectivity index is 1.99. The van der Waals surface area contributed by atoms with Gasteiger partial charge in [-0.05, 0) is 62.4 Å². The molecular formula is C23H18FNO6. The third-order valence-electron chi connectivity index (χ3n) is 4.44. The zero-order valence-corrected chi connectivity index (χ0v) is 16.7. The minimum atomic E-state index is -1.25. The Morgan fingerprint density at radius 2 is 1.84 bits per heavy atom. The van der Waals surface area contributed by atoms with E-state index < -0.39 is 17.9 Å². The maximum Gasteiger partial charge on any atom is 0.412 e. The molecule has 2 aromatic heterocycles. The van der Waals surface area contributed by atoms with E-state index in [2.05, 4.69) is 4.74 Å². The topological polar surface area (TPSA) is 105 Å². The minimum absolute atomic E-state index is 0.0278. The van der Waals surface area contributed by atoms with Gasteiger partial charge in [0.15, 0.2) is 0 Å². The lowest BCUT2D eigenvalue weighted by Crippen LogP contribution is -2.18. The molecule has 2 aromatic carbocycles. The number of nitrogens with two attached hydrogens (primary N) is 1. The lowest BCUT2D eigenvalue weighted by molar-refractivity contribution is 0.0640. The molecule has 0 saturated heterocycles. The van der Waals surface area contributed by atoms with Gasteiger partial charge < -0.3 is 24.0 Å². The lowest BCUT2D eigenvalue weighted by atomic mass is 10.0. The summed E-state index contributed by atoms with van der Waals surface area (Å²) in [6, 6.07) is 12.1. The van der Waals surface area contributed by atoms with E-state index in [1.807, 2.05) is 13.8 Å². The largest absolute Gasteiger partial charge is 0.490 e. The second-order valence-electron chi connectivity index (χ2n) is 7.01. The fraction of sp³-hybridized carbons (Fsp3) is 0.130. The van der Waals surface area contributed by atoms with Crippen LogP contribution in [0.3, 0.4) is 0 Å². The molecule has 0 fully saturated rings. The molecule has 4 aromatic rings. The van der Waals surface area contributed by atoms with Crippen LogP contribution in [0.1, 0.15) is 24.2 Å². The number of ether oxygens (including phenoxy) is 2. The number of furan rings is 2. The first kappa shape index (κ1) is 20.2. The SMILES string of the molecule is CC(C)Oc1cc2c(C(=O)OC(N)=O)c(-c3ccc(F)cc3)oc2cc1-c1ccco1. The molecule has 4 rings (SSSR count). The molecule has 0 aliphatic rings. The second-order valence-corrected chi connectivity index (χ2v) is 7.01. The van der Waals surface area contributed by atoms with Gasteiger partial charge in [0.2, 0.25) is 0 Å². The van der Waals surface area contributed by atoms with E-state index in [1.165, 1.54) is 30.5 Å². The maximum absolute atomic E-state index is 13.4. The Labute approximate surface area is 176 Å². The number of amides is 1. The molecular weight excluding hydrogens is 405 g/mol. The summed E-state index contributed by atoms with van der Waals surface area (Å²) in [7, 11) is 0. The summed E-state index contributed by atoms with van der Waals surface area (Å²) in [5.41, 5.74) is 6.36. The number of carbonyl (C=O) groups is 2. The molecule has 0 spiro atoms. The van der Waals surface area contributed by atoms with Crippen molar-refractivity contribution in [3.63, 3.8) is 0 Å². The molecule has 1 amide bonds. The third-order valence-corrected chi connectivity index (χ3v) is 4.44. The quantitative estimate of drug-likeness (QED) is 0.335. The average molecular weight is 423 g/mol. The Morgan fingerprint density at radius 3 is 2.45 bits per heavy atom. The van der Waals surface area contributed by atoms with E-state index in [-0.39, 0.29) is 17.4 Å². The van der Waals surface area contributed by atoms with Gasteiger partial charge in [0.05, 0.1) is 17.9 Å². The highest BCUT2D eigenvalue weighted by molar-refractivity contribution is 6.12. The fourth-order valence-electron chi connectivity index (χ4n) is 3.25. The van der Waals surface area contributed by atoms with Crippen molar-refractivity contribution in [3.05, 3.63) is 66.2 Å². The predicted molar refractivity (Wildman–Crippen MR) is 110 cm³/mol. The zero-order valence-electron chi connectivity index (χ0n) is 16.7. The van der Waals surface area contributed by atoms with Crippen LogP contribution in [0.2, 0.25) is 0 Å². The molecule has 0 radical (unpaired) electrons. The van der Waals surface area contributed by atoms with E-state index in [9.17, 15) is 14.0 Å². The van der Waals surface area contributed by atoms with Crippen molar-refractivity contribution in [2.24, 2.45) is 5.73 Å². The number of rotatable bonds is 5. The Bertz CT molecular complexity index is 1260. The van der Waals surface area contributed by atoms with Crippen molar-refractivity contribution in [1.29, 1.82) is 0 Å². The van der Waals surface area contributed by atoms with E-state index in [0.717, 1.165) is 0 Å². The highest BCUT2D eigenvalue weighted by Crippen LogP contribution is 2.41. The first-order valence-electron chi connectivity index (χ1n) is 9.42. The summed E-state index contributed by atoms with van der Waals surface area (Å²) in [5, 5.41) is 0.344. The van der Waals surface area contributed by atoms with Crippen molar-refractivity contribution >= 4 is 23.0 Å². The zero-order chi connectivity index (χ0) is 22.1. The van der Waals surface area contributed by atoms with Crippen molar-refractivity contribution in [1.82, 2.24) is 0 Å². The number of halogens is 1. The molecule has 2 heterocycles. The summed E-state index contributed by atoms with van der Waals surface area (Å²) < 4.78 is 35.4. The Kier molecular flexibility index (Phi) is 5.21. The van der Waals surface area contributed by atoms with Crippen molar-refractivity contribution < 1.29 is 32.3 Å². The molecule has 7 nitrogen and oxygen atoms in total. The molecule has 0 aliphatic heterocycles. The summed E-state index contributed by atoms with van der Waals surface area (Å²) in [5.74, 6) is -0.357. The van der Waals surface area contributed by atoms with E-state index in [1.54, 1.807) is 24.3 Å².